The van der Waals surface area contributed by atoms with Crippen molar-refractivity contribution in [3.63, 3.8) is 0 Å². The fourth-order valence-corrected chi connectivity index (χ4v) is 4.72. The molecule has 12 heteroatoms. The highest BCUT2D eigenvalue weighted by molar-refractivity contribution is 6.32. The van der Waals surface area contributed by atoms with E-state index in [1.807, 2.05) is 0 Å². The predicted molar refractivity (Wildman–Crippen MR) is 140 cm³/mol. The summed E-state index contributed by atoms with van der Waals surface area (Å²) in [7, 11) is 0. The molecule has 1 atom stereocenters. The average molecular weight is 544 g/mol. The van der Waals surface area contributed by atoms with E-state index in [-0.39, 0.29) is 28.8 Å². The monoisotopic (exact) mass is 543 g/mol. The largest absolute Gasteiger partial charge is 0.504 e. The number of anilines is 1. The Morgan fingerprint density at radius 1 is 1.13 bits per heavy atom. The molecule has 4 rings (SSSR count). The molecule has 0 spiro atoms. The summed E-state index contributed by atoms with van der Waals surface area (Å²) >= 11 is 5.95. The van der Waals surface area contributed by atoms with Crippen LogP contribution in [0, 0.1) is 5.82 Å². The summed E-state index contributed by atoms with van der Waals surface area (Å²) in [6.07, 6.45) is 2.92. The summed E-state index contributed by atoms with van der Waals surface area (Å²) in [4.78, 5) is 44.5. The molecule has 10 nitrogen and oxygen atoms in total. The van der Waals surface area contributed by atoms with Gasteiger partial charge in [-0.15, -0.1) is 0 Å². The molecule has 5 N–H and O–H groups in total. The Bertz CT molecular complexity index is 1390. The lowest BCUT2D eigenvalue weighted by molar-refractivity contribution is -0.123. The van der Waals surface area contributed by atoms with Crippen molar-refractivity contribution < 1.29 is 29.0 Å². The quantitative estimate of drug-likeness (QED) is 0.273. The number of benzene rings is 1. The Labute approximate surface area is 222 Å². The number of halogens is 2. The van der Waals surface area contributed by atoms with E-state index >= 15 is 0 Å². The first-order chi connectivity index (χ1) is 18.0. The maximum absolute atomic E-state index is 14.1. The van der Waals surface area contributed by atoms with Gasteiger partial charge >= 0.3 is 6.09 Å². The molecule has 1 aliphatic rings. The number of phenolic OH excluding ortho intramolecular Hbond substituents is 1. The zero-order valence-electron chi connectivity index (χ0n) is 20.7. The van der Waals surface area contributed by atoms with Gasteiger partial charge in [-0.05, 0) is 63.8 Å². The second-order valence-electron chi connectivity index (χ2n) is 9.33. The van der Waals surface area contributed by atoms with Crippen molar-refractivity contribution in [2.45, 2.75) is 57.7 Å². The van der Waals surface area contributed by atoms with Crippen LogP contribution in [0.4, 0.5) is 14.9 Å². The van der Waals surface area contributed by atoms with Crippen LogP contribution in [0.15, 0.2) is 30.5 Å². The van der Waals surface area contributed by atoms with Crippen LogP contribution in [0.25, 0.3) is 22.3 Å². The van der Waals surface area contributed by atoms with E-state index in [1.165, 1.54) is 26.1 Å². The van der Waals surface area contributed by atoms with Crippen LogP contribution in [0.3, 0.4) is 0 Å². The summed E-state index contributed by atoms with van der Waals surface area (Å²) in [5.41, 5.74) is 2.59. The molecule has 2 amide bonds. The fraction of sp³-hybridized carbons (Fsp3) is 0.346. The van der Waals surface area contributed by atoms with Gasteiger partial charge in [-0.2, -0.15) is 0 Å². The number of carboxylic acid groups (broad SMARTS) is 1. The van der Waals surface area contributed by atoms with Gasteiger partial charge in [0.1, 0.15) is 11.6 Å². The Morgan fingerprint density at radius 3 is 2.45 bits per heavy atom. The molecule has 38 heavy (non-hydrogen) atoms. The summed E-state index contributed by atoms with van der Waals surface area (Å²) in [6.45, 7) is 2.92. The normalized spacial score (nSPS) is 18.0. The molecule has 0 radical (unpaired) electrons. The van der Waals surface area contributed by atoms with E-state index in [2.05, 4.69) is 25.9 Å². The molecule has 0 bridgehead atoms. The number of aromatic hydroxyl groups is 1. The zero-order valence-corrected chi connectivity index (χ0v) is 21.5. The lowest BCUT2D eigenvalue weighted by Gasteiger charge is -2.31. The van der Waals surface area contributed by atoms with E-state index in [1.54, 1.807) is 12.1 Å². The van der Waals surface area contributed by atoms with Gasteiger partial charge in [-0.25, -0.2) is 14.2 Å². The predicted octanol–water partition coefficient (Wildman–Crippen LogP) is 4.49. The van der Waals surface area contributed by atoms with Crippen molar-refractivity contribution >= 4 is 46.1 Å². The maximum Gasteiger partial charge on any atom is 0.405 e. The third-order valence-corrected chi connectivity index (χ3v) is 6.85. The number of Topliss-reactive ketones (excluding diaryl/α,β-unsaturated/α-hetero) is 1. The molecule has 1 fully saturated rings. The van der Waals surface area contributed by atoms with Gasteiger partial charge in [0.15, 0.2) is 17.3 Å². The number of nitrogens with one attached hydrogen (secondary N) is 3. The Kier molecular flexibility index (Phi) is 7.96. The molecule has 1 aromatic carbocycles. The van der Waals surface area contributed by atoms with Gasteiger partial charge in [-0.3, -0.25) is 14.6 Å². The van der Waals surface area contributed by atoms with Crippen LogP contribution in [0.1, 0.15) is 49.9 Å². The fourth-order valence-electron chi connectivity index (χ4n) is 4.52. The third kappa shape index (κ3) is 5.94. The number of fused-ring (bicyclic) bond motifs is 1. The number of carbonyl (C=O) groups is 3. The first-order valence-electron chi connectivity index (χ1n) is 12.1. The minimum atomic E-state index is -1.26. The summed E-state index contributed by atoms with van der Waals surface area (Å²) in [5, 5.41) is 26.8. The van der Waals surface area contributed by atoms with Gasteiger partial charge in [0.05, 0.1) is 27.5 Å². The van der Waals surface area contributed by atoms with E-state index in [0.717, 1.165) is 6.07 Å². The lowest BCUT2D eigenvalue weighted by Crippen LogP contribution is -2.49. The first-order valence-corrected chi connectivity index (χ1v) is 12.5. The molecule has 3 aromatic rings. The molecule has 2 heterocycles. The molecule has 1 unspecified atom stereocenters. The third-order valence-electron chi connectivity index (χ3n) is 6.56. The number of phenols is 1. The number of nitrogens with zero attached hydrogens (tertiary/aromatic N) is 2. The van der Waals surface area contributed by atoms with E-state index in [9.17, 15) is 23.9 Å². The molecule has 1 saturated carbocycles. The van der Waals surface area contributed by atoms with Gasteiger partial charge in [-0.1, -0.05) is 11.6 Å². The Hall–Kier alpha value is -3.99. The number of ketones is 1. The minimum absolute atomic E-state index is 0.0209. The molecule has 1 aliphatic carbocycles. The second-order valence-corrected chi connectivity index (χ2v) is 9.74. The van der Waals surface area contributed by atoms with Crippen molar-refractivity contribution in [1.82, 2.24) is 20.6 Å². The molecular formula is C26H27ClFN5O5. The van der Waals surface area contributed by atoms with Crippen LogP contribution in [0.2, 0.25) is 5.02 Å². The van der Waals surface area contributed by atoms with Crippen molar-refractivity contribution in [3.8, 4) is 17.0 Å². The van der Waals surface area contributed by atoms with Gasteiger partial charge in [0.2, 0.25) is 5.91 Å². The SMILES string of the molecule is CC(=O)c1cnc2ccc(-c3cc(F)c(O)c(Cl)c3)nc2c1NC1CCC(NC(=O)C(C)NC(=O)O)CC1. The number of pyridine rings is 2. The molecule has 2 aromatic heterocycles. The van der Waals surface area contributed by atoms with Gasteiger partial charge in [0, 0.05) is 23.8 Å². The Morgan fingerprint density at radius 2 is 1.82 bits per heavy atom. The number of rotatable bonds is 7. The second kappa shape index (κ2) is 11.2. The molecule has 0 saturated heterocycles. The number of hydrogen-bond acceptors (Lipinski definition) is 7. The topological polar surface area (TPSA) is 154 Å². The molecular weight excluding hydrogens is 517 g/mol. The van der Waals surface area contributed by atoms with Crippen molar-refractivity contribution in [2.75, 3.05) is 5.32 Å². The summed E-state index contributed by atoms with van der Waals surface area (Å²) < 4.78 is 14.1. The van der Waals surface area contributed by atoms with Gasteiger partial charge in [0.25, 0.3) is 0 Å². The highest BCUT2D eigenvalue weighted by atomic mass is 35.5. The summed E-state index contributed by atoms with van der Waals surface area (Å²) in [6, 6.07) is 4.93. The number of hydrogen-bond donors (Lipinski definition) is 5. The first kappa shape index (κ1) is 27.1. The van der Waals surface area contributed by atoms with Crippen LogP contribution in [-0.2, 0) is 4.79 Å². The van der Waals surface area contributed by atoms with Crippen molar-refractivity contribution in [2.24, 2.45) is 0 Å². The van der Waals surface area contributed by atoms with Crippen LogP contribution < -0.4 is 16.0 Å². The zero-order chi connectivity index (χ0) is 27.6. The van der Waals surface area contributed by atoms with E-state index in [4.69, 9.17) is 16.7 Å². The number of carbonyl (C=O) groups excluding carboxylic acids is 2. The van der Waals surface area contributed by atoms with Crippen molar-refractivity contribution in [1.29, 1.82) is 0 Å². The minimum Gasteiger partial charge on any atom is -0.504 e. The van der Waals surface area contributed by atoms with Crippen molar-refractivity contribution in [3.05, 3.63) is 46.9 Å². The smallest absolute Gasteiger partial charge is 0.405 e. The standard InChI is InChI=1S/C26H27ClFN5O5/c1-12(30-26(37)38)25(36)32-16-5-3-15(4-6-16)31-22-17(13(2)34)11-29-21-8-7-20(33-23(21)22)14-9-18(27)24(35)19(28)10-14/h7-12,15-16,30,35H,3-6H2,1-2H3,(H,29,31)(H,32,36)(H,37,38). The highest BCUT2D eigenvalue weighted by Gasteiger charge is 2.26. The number of amides is 2. The summed E-state index contributed by atoms with van der Waals surface area (Å²) in [5.74, 6) is -2.10. The van der Waals surface area contributed by atoms with E-state index in [0.29, 0.717) is 59.2 Å². The molecule has 0 aliphatic heterocycles. The van der Waals surface area contributed by atoms with E-state index < -0.39 is 23.7 Å². The van der Waals surface area contributed by atoms with Crippen LogP contribution in [-0.4, -0.2) is 56.1 Å². The van der Waals surface area contributed by atoms with Crippen LogP contribution in [0.5, 0.6) is 5.75 Å². The highest BCUT2D eigenvalue weighted by Crippen LogP contribution is 2.34. The van der Waals surface area contributed by atoms with Gasteiger partial charge < -0.3 is 26.2 Å². The lowest BCUT2D eigenvalue weighted by atomic mass is 9.90. The average Bonchev–Trinajstić information content (AvgIpc) is 2.87. The molecule has 200 valence electrons. The number of aromatic nitrogens is 2. The maximum atomic E-state index is 14.1. The van der Waals surface area contributed by atoms with Crippen LogP contribution >= 0.6 is 11.6 Å². The Balaban J connectivity index is 1.56.